The molecule has 5 aromatic carbocycles. The molecule has 4 saturated heterocycles. The molecule has 26 heteroatoms. The van der Waals surface area contributed by atoms with E-state index in [-0.39, 0.29) is 34.6 Å². The number of likely N-dealkylation sites (tertiary alicyclic amines) is 1. The summed E-state index contributed by atoms with van der Waals surface area (Å²) in [4.78, 5) is 71.5. The number of phenols is 2. The highest BCUT2D eigenvalue weighted by Crippen LogP contribution is 2.53. The lowest BCUT2D eigenvalue weighted by atomic mass is 8.68. The number of piperidine rings is 4. The zero-order valence-corrected chi connectivity index (χ0v) is 84.3. The Labute approximate surface area is 825 Å². The monoisotopic (exact) mass is 1840 g/mol. The van der Waals surface area contributed by atoms with E-state index < -0.39 is 19.2 Å². The largest absolute Gasteiger partial charge is 0.508 e. The number of benzene rings is 5. The summed E-state index contributed by atoms with van der Waals surface area (Å²) in [5.41, 5.74) is 30.4. The summed E-state index contributed by atoms with van der Waals surface area (Å²) < 4.78 is 16.6. The fourth-order valence-corrected chi connectivity index (χ4v) is 21.5. The van der Waals surface area contributed by atoms with E-state index >= 15 is 0 Å². The van der Waals surface area contributed by atoms with Gasteiger partial charge in [0.25, 0.3) is 0 Å². The van der Waals surface area contributed by atoms with Gasteiger partial charge in [0.15, 0.2) is 0 Å². The molecular formula is C110H154B8N8O10. The van der Waals surface area contributed by atoms with Gasteiger partial charge in [0, 0.05) is 149 Å². The van der Waals surface area contributed by atoms with Crippen molar-refractivity contribution in [3.05, 3.63) is 213 Å². The highest BCUT2D eigenvalue weighted by atomic mass is 16.6. The number of nitrogens with one attached hydrogen (secondary N) is 3. The number of nitrogens with zero attached hydrogens (tertiary/aromatic N) is 5. The average molecular weight is 1830 g/mol. The summed E-state index contributed by atoms with van der Waals surface area (Å²) in [7, 11) is 29.2. The molecule has 4 heterocycles. The Hall–Kier alpha value is -9.25. The van der Waals surface area contributed by atoms with Crippen LogP contribution in [-0.2, 0) is 56.2 Å². The number of carbonyl (C=O) groups is 5. The van der Waals surface area contributed by atoms with Gasteiger partial charge >= 0.3 is 6.09 Å². The maximum atomic E-state index is 12.7. The third-order valence-corrected chi connectivity index (χ3v) is 29.4. The third kappa shape index (κ3) is 34.7. The van der Waals surface area contributed by atoms with Crippen molar-refractivity contribution >= 4 is 98.7 Å². The Morgan fingerprint density at radius 2 is 0.809 bits per heavy atom. The van der Waals surface area contributed by atoms with Crippen LogP contribution < -0.4 is 25.4 Å². The van der Waals surface area contributed by atoms with Gasteiger partial charge in [-0.15, -0.1) is 0 Å². The number of ether oxygens (including phenoxy) is 3. The molecule has 5 amide bonds. The topological polar surface area (TPSA) is 206 Å². The number of unbranched alkanes of at least 4 members (excludes halogenated alkanes) is 4. The van der Waals surface area contributed by atoms with Gasteiger partial charge in [0.05, 0.1) is 14.2 Å². The molecule has 4 aliphatic carbocycles. The summed E-state index contributed by atoms with van der Waals surface area (Å²) in [5.74, 6) is 4.81. The molecule has 2 unspecified atom stereocenters. The highest BCUT2D eigenvalue weighted by molar-refractivity contribution is 7.89. The minimum Gasteiger partial charge on any atom is -0.508 e. The molecule has 5 aromatic rings. The lowest BCUT2D eigenvalue weighted by Gasteiger charge is -2.45. The molecule has 4 fully saturated rings. The molecule has 718 valence electrons. The first-order chi connectivity index (χ1) is 65.7. The second-order valence-corrected chi connectivity index (χ2v) is 38.4. The van der Waals surface area contributed by atoms with E-state index in [4.69, 9.17) is 52.9 Å². The van der Waals surface area contributed by atoms with Crippen molar-refractivity contribution in [3.8, 4) is 23.0 Å². The SMILES string of the molecule is C=C=C=C=C=C=C=C.CCN(CC)C(=O)CCCCC1=CC2(CCN(C(=O)OCc3ccccc3)CC2)Cc2ccc(OC)cc21.CCN(CC)C(=O)CCCCC1=CC2(CCNCC2)Cc2ccc(O)cc21.CCN(CC)C(=O)CCCCC1CC2(CCNCC2)Cc2ccc(O)cc21.CCN(CC)C(=O)CCCCC1CC2(CCNCC2)Cc2ccc(OC)cc21.[B]B([B])B([B])B([B])[B]. The minimum absolute atomic E-state index is 0.0458. The van der Waals surface area contributed by atoms with Crippen molar-refractivity contribution in [2.75, 3.05) is 119 Å². The first-order valence-corrected chi connectivity index (χ1v) is 51.1. The summed E-state index contributed by atoms with van der Waals surface area (Å²) in [5, 5.41) is 30.5. The van der Waals surface area contributed by atoms with Crippen LogP contribution in [0, 0.1) is 21.7 Å². The third-order valence-electron chi connectivity index (χ3n) is 29.4. The Morgan fingerprint density at radius 3 is 1.21 bits per heavy atom. The number of aromatic hydroxyl groups is 2. The Balaban J connectivity index is 0.000000213. The number of allylic oxidation sites excluding steroid dienone is 4. The second kappa shape index (κ2) is 58.6. The second-order valence-electron chi connectivity index (χ2n) is 38.4. The van der Waals surface area contributed by atoms with Crippen molar-refractivity contribution < 1.29 is 48.4 Å². The smallest absolute Gasteiger partial charge is 0.410 e. The van der Waals surface area contributed by atoms with Gasteiger partial charge in [-0.3, -0.25) is 19.2 Å². The van der Waals surface area contributed by atoms with Crippen LogP contribution in [0.2, 0.25) is 0 Å². The first-order valence-electron chi connectivity index (χ1n) is 51.1. The number of amides is 5. The van der Waals surface area contributed by atoms with Crippen LogP contribution in [-0.4, -0.2) is 241 Å². The molecular weight excluding hydrogens is 1680 g/mol. The summed E-state index contributed by atoms with van der Waals surface area (Å²) in [6.07, 6.45) is 34.0. The number of methoxy groups -OCH3 is 2. The fourth-order valence-electron chi connectivity index (χ4n) is 21.5. The van der Waals surface area contributed by atoms with Crippen molar-refractivity contribution in [2.24, 2.45) is 21.7 Å². The van der Waals surface area contributed by atoms with Crippen molar-refractivity contribution in [3.63, 3.8) is 0 Å². The van der Waals surface area contributed by atoms with Gasteiger partial charge in [-0.2, -0.15) is 0 Å². The van der Waals surface area contributed by atoms with E-state index in [2.05, 4.69) is 132 Å². The van der Waals surface area contributed by atoms with Crippen LogP contribution >= 0.6 is 0 Å². The lowest BCUT2D eigenvalue weighted by molar-refractivity contribution is -0.131. The fraction of sp³-hybridized carbons (Fsp3) is 0.573. The molecule has 0 bridgehead atoms. The number of fused-ring (bicyclic) bond motifs is 4. The number of rotatable bonds is 34. The maximum Gasteiger partial charge on any atom is 0.410 e. The molecule has 136 heavy (non-hydrogen) atoms. The van der Waals surface area contributed by atoms with E-state index in [1.807, 2.05) is 127 Å². The highest BCUT2D eigenvalue weighted by Gasteiger charge is 2.43. The quantitative estimate of drug-likeness (QED) is 0.0148. The zero-order valence-electron chi connectivity index (χ0n) is 84.3. The van der Waals surface area contributed by atoms with E-state index in [0.29, 0.717) is 85.5 Å². The molecule has 0 aromatic heterocycles. The average Bonchev–Trinajstić information content (AvgIpc) is 0.782. The Bertz CT molecular complexity index is 4840. The number of carbonyl (C=O) groups excluding carboxylic acids is 5. The van der Waals surface area contributed by atoms with Crippen LogP contribution in [0.25, 0.3) is 11.1 Å². The van der Waals surface area contributed by atoms with E-state index in [1.165, 1.54) is 120 Å². The number of hydrogen-bond acceptors (Lipinski definition) is 13. The predicted octanol–water partition coefficient (Wildman–Crippen LogP) is 18.0. The minimum atomic E-state index is -0.630. The van der Waals surface area contributed by atoms with Crippen LogP contribution in [0.4, 0.5) is 4.79 Å². The van der Waals surface area contributed by atoms with Gasteiger partial charge in [-0.1, -0.05) is 91.1 Å². The van der Waals surface area contributed by atoms with Gasteiger partial charge in [-0.05, 0) is 428 Å². The van der Waals surface area contributed by atoms with Crippen LogP contribution in [0.5, 0.6) is 23.0 Å². The lowest BCUT2D eigenvalue weighted by Crippen LogP contribution is -2.52. The number of hydrogen-bond donors (Lipinski definition) is 5. The van der Waals surface area contributed by atoms with E-state index in [9.17, 15) is 34.2 Å². The van der Waals surface area contributed by atoms with Gasteiger partial charge in [-0.25, -0.2) is 4.79 Å². The molecule has 0 saturated carbocycles. The molecule has 8 aliphatic rings. The molecule has 4 aliphatic heterocycles. The van der Waals surface area contributed by atoms with Crippen molar-refractivity contribution in [1.29, 1.82) is 0 Å². The van der Waals surface area contributed by atoms with Crippen LogP contribution in [0.1, 0.15) is 284 Å². The predicted molar refractivity (Wildman–Crippen MR) is 565 cm³/mol. The van der Waals surface area contributed by atoms with Crippen LogP contribution in [0.15, 0.2) is 163 Å². The zero-order chi connectivity index (χ0) is 98.5. The van der Waals surface area contributed by atoms with Crippen molar-refractivity contribution in [1.82, 2.24) is 40.4 Å². The van der Waals surface area contributed by atoms with Gasteiger partial charge < -0.3 is 64.9 Å². The number of phenolic OH excluding ortho intramolecular Hbond substituents is 2. The van der Waals surface area contributed by atoms with Gasteiger partial charge in [0.2, 0.25) is 23.6 Å². The summed E-state index contributed by atoms with van der Waals surface area (Å²) in [6, 6.07) is 34.8. The molecule has 13 rings (SSSR count). The molecule has 5 N–H and O–H groups in total. The maximum absolute atomic E-state index is 12.7. The first kappa shape index (κ1) is 112. The Morgan fingerprint density at radius 1 is 0.441 bits per heavy atom. The van der Waals surface area contributed by atoms with Crippen molar-refractivity contribution in [2.45, 2.75) is 266 Å². The normalized spacial score (nSPS) is 17.1. The molecule has 2 atom stereocenters. The summed E-state index contributed by atoms with van der Waals surface area (Å²) in [6.45, 7) is 37.7. The molecule has 10 radical (unpaired) electrons. The van der Waals surface area contributed by atoms with Crippen LogP contribution in [0.3, 0.4) is 0 Å². The summed E-state index contributed by atoms with van der Waals surface area (Å²) >= 11 is 0. The molecule has 4 spiro atoms. The Kier molecular flexibility index (Phi) is 48.3. The molecule has 18 nitrogen and oxygen atoms in total. The van der Waals surface area contributed by atoms with Gasteiger partial charge in [0.1, 0.15) is 29.6 Å². The standard InChI is InChI=1S/C32H42N2O4.C24H38N2O2.C23H36N2O2.C23H34N2O2.C8H4.B8/c1-4-33(5-2)30(35)14-10-9-13-26-22-32(23-27-15-16-28(37-3)21-29(26)27)17-19-34(20-18-32)31(36)38-24-25-11-7-6-8-12-25;1-4-26(5-2)23(27)9-7-6-8-19-17-24(12-14-25-15-13-24)18-20-10-11-21(28-3)16-22(19)20;2*1-3-25(4-2)22(27)8-6-5-7-18-16-23(11-13-24-14-12-23)17-19-9-10-20(26)15-21(18)19;1-3-5-7-8-6-4-2;1-6(2)8(5)7(3)4/h6-8,11-12,15-16,21-22H,4-5,9-10,13-14,17-20,23-24H2,1-3H3;10-11,16,19,25H,4-9,12-15,17-18H2,1-3H3;9-10,15,18,24,26H,3-8,11-14,16-17H2,1-2H3;9-10,15-16,24,26H,3-8,11-14,17H2,1-2H3;1-2H2;. The van der Waals surface area contributed by atoms with E-state index in [1.54, 1.807) is 14.2 Å². The van der Waals surface area contributed by atoms with E-state index in [0.717, 1.165) is 211 Å².